The first kappa shape index (κ1) is 19.6. The van der Waals surface area contributed by atoms with Gasteiger partial charge < -0.3 is 4.90 Å². The van der Waals surface area contributed by atoms with Crippen LogP contribution in [0.4, 0.5) is 4.79 Å². The molecule has 5 rings (SSSR count). The van der Waals surface area contributed by atoms with Crippen molar-refractivity contribution in [2.45, 2.75) is 36.6 Å². The Morgan fingerprint density at radius 1 is 1.03 bits per heavy atom. The molecule has 1 aliphatic carbocycles. The van der Waals surface area contributed by atoms with Gasteiger partial charge in [0.1, 0.15) is 0 Å². The normalized spacial score (nSPS) is 29.6. The molecule has 2 amide bonds. The number of nitrogens with zero attached hydrogens (tertiary/aromatic N) is 2. The summed E-state index contributed by atoms with van der Waals surface area (Å²) in [6.07, 6.45) is 5.29. The highest BCUT2D eigenvalue weighted by atomic mass is 35.5. The lowest BCUT2D eigenvalue weighted by molar-refractivity contribution is 0.131. The van der Waals surface area contributed by atoms with Crippen LogP contribution in [0, 0.1) is 5.92 Å². The second kappa shape index (κ2) is 7.43. The zero-order chi connectivity index (χ0) is 20.9. The van der Waals surface area contributed by atoms with E-state index in [1.807, 2.05) is 54.6 Å². The van der Waals surface area contributed by atoms with Crippen LogP contribution in [0.5, 0.6) is 0 Å². The number of amides is 2. The Morgan fingerprint density at radius 3 is 2.53 bits per heavy atom. The van der Waals surface area contributed by atoms with E-state index in [2.05, 4.69) is 6.08 Å². The van der Waals surface area contributed by atoms with Crippen molar-refractivity contribution >= 4 is 27.7 Å². The second-order valence-electron chi connectivity index (χ2n) is 8.22. The van der Waals surface area contributed by atoms with E-state index in [9.17, 15) is 13.2 Å². The maximum Gasteiger partial charge on any atom is 0.334 e. The standard InChI is InChI=1S/C23H23ClN2O3S/c24-20-12-5-4-9-17(20)18-10-6-11-19-21-13-14-25(15-16-7-2-1-3-8-16)23(27)26(21)30(28,29)22(18)19/h1-9,11-12,18-19,21-22H,10,13-15H2/t18-,19+,21+,22-/m1/s1. The third-order valence-corrected chi connectivity index (χ3v) is 9.21. The highest BCUT2D eigenvalue weighted by molar-refractivity contribution is 7.90. The molecule has 4 atom stereocenters. The molecule has 0 bridgehead atoms. The molecule has 2 aromatic rings. The number of rotatable bonds is 3. The lowest BCUT2D eigenvalue weighted by Gasteiger charge is -2.37. The van der Waals surface area contributed by atoms with Gasteiger partial charge in [-0.15, -0.1) is 0 Å². The Morgan fingerprint density at radius 2 is 1.77 bits per heavy atom. The van der Waals surface area contributed by atoms with Gasteiger partial charge in [0.15, 0.2) is 0 Å². The summed E-state index contributed by atoms with van der Waals surface area (Å²) < 4.78 is 28.5. The number of benzene rings is 2. The first-order valence-electron chi connectivity index (χ1n) is 10.3. The van der Waals surface area contributed by atoms with Crippen LogP contribution >= 0.6 is 11.6 Å². The largest absolute Gasteiger partial charge is 0.334 e. The van der Waals surface area contributed by atoms with E-state index in [4.69, 9.17) is 11.6 Å². The fraction of sp³-hybridized carbons (Fsp3) is 0.348. The molecule has 30 heavy (non-hydrogen) atoms. The maximum atomic E-state index is 13.7. The van der Waals surface area contributed by atoms with Crippen molar-refractivity contribution < 1.29 is 13.2 Å². The van der Waals surface area contributed by atoms with Crippen molar-refractivity contribution in [2.24, 2.45) is 5.92 Å². The van der Waals surface area contributed by atoms with Gasteiger partial charge in [0.25, 0.3) is 0 Å². The Hall–Kier alpha value is -2.31. The Bertz CT molecular complexity index is 1100. The van der Waals surface area contributed by atoms with Crippen LogP contribution in [0.25, 0.3) is 0 Å². The van der Waals surface area contributed by atoms with Crippen molar-refractivity contribution in [1.82, 2.24) is 9.21 Å². The van der Waals surface area contributed by atoms with Gasteiger partial charge in [-0.3, -0.25) is 0 Å². The number of hydrogen-bond acceptors (Lipinski definition) is 3. The first-order chi connectivity index (χ1) is 14.5. The SMILES string of the molecule is O=C1N(Cc2ccccc2)CC[C@H]2[C@@H]3C=CC[C@H](c4ccccc4Cl)[C@H]3S(=O)(=O)N12. The molecule has 2 heterocycles. The molecule has 2 fully saturated rings. The monoisotopic (exact) mass is 442 g/mol. The van der Waals surface area contributed by atoms with Crippen molar-refractivity contribution in [1.29, 1.82) is 0 Å². The third kappa shape index (κ3) is 3.05. The Labute approximate surface area is 182 Å². The summed E-state index contributed by atoms with van der Waals surface area (Å²) >= 11 is 6.43. The van der Waals surface area contributed by atoms with Gasteiger partial charge in [0, 0.05) is 29.9 Å². The van der Waals surface area contributed by atoms with E-state index in [0.29, 0.717) is 31.0 Å². The van der Waals surface area contributed by atoms with Crippen LogP contribution in [0.3, 0.4) is 0 Å². The molecular formula is C23H23ClN2O3S. The molecule has 156 valence electrons. The van der Waals surface area contributed by atoms with Gasteiger partial charge in [0.05, 0.1) is 11.3 Å². The zero-order valence-corrected chi connectivity index (χ0v) is 18.0. The molecule has 0 aromatic heterocycles. The van der Waals surface area contributed by atoms with Crippen LogP contribution in [-0.2, 0) is 16.6 Å². The number of fused-ring (bicyclic) bond motifs is 3. The fourth-order valence-corrected chi connectivity index (χ4v) is 8.07. The van der Waals surface area contributed by atoms with Crippen LogP contribution in [0.15, 0.2) is 66.7 Å². The Kier molecular flexibility index (Phi) is 4.86. The first-order valence-corrected chi connectivity index (χ1v) is 12.1. The van der Waals surface area contributed by atoms with Crippen LogP contribution < -0.4 is 0 Å². The van der Waals surface area contributed by atoms with E-state index >= 15 is 0 Å². The van der Waals surface area contributed by atoms with Crippen molar-refractivity contribution in [2.75, 3.05) is 6.54 Å². The van der Waals surface area contributed by atoms with Crippen LogP contribution in [0.2, 0.25) is 5.02 Å². The minimum atomic E-state index is -3.80. The number of urea groups is 1. The minimum Gasteiger partial charge on any atom is -0.319 e. The van der Waals surface area contributed by atoms with Gasteiger partial charge in [0.2, 0.25) is 10.0 Å². The average molecular weight is 443 g/mol. The predicted octanol–water partition coefficient (Wildman–Crippen LogP) is 4.41. The number of allylic oxidation sites excluding steroid dienone is 1. The third-order valence-electron chi connectivity index (χ3n) is 6.56. The summed E-state index contributed by atoms with van der Waals surface area (Å²) in [6.45, 7) is 0.968. The highest BCUT2D eigenvalue weighted by Crippen LogP contribution is 2.49. The summed E-state index contributed by atoms with van der Waals surface area (Å²) in [6, 6.07) is 16.4. The molecule has 0 spiro atoms. The summed E-state index contributed by atoms with van der Waals surface area (Å²) in [5, 5.41) is -0.0818. The average Bonchev–Trinajstić information content (AvgIpc) is 2.99. The summed E-state index contributed by atoms with van der Waals surface area (Å²) in [7, 11) is -3.80. The smallest absolute Gasteiger partial charge is 0.319 e. The number of carbonyl (C=O) groups excluding carboxylic acids is 1. The molecule has 2 aromatic carbocycles. The van der Waals surface area contributed by atoms with Crippen LogP contribution in [-0.4, -0.2) is 41.5 Å². The number of halogens is 1. The molecule has 3 aliphatic rings. The van der Waals surface area contributed by atoms with Gasteiger partial charge in [-0.05, 0) is 30.0 Å². The lowest BCUT2D eigenvalue weighted by Crippen LogP contribution is -2.53. The molecule has 0 unspecified atom stereocenters. The molecule has 2 saturated heterocycles. The van der Waals surface area contributed by atoms with Crippen LogP contribution in [0.1, 0.15) is 29.9 Å². The van der Waals surface area contributed by atoms with Gasteiger partial charge in [-0.25, -0.2) is 17.5 Å². The maximum absolute atomic E-state index is 13.7. The predicted molar refractivity (Wildman–Crippen MR) is 117 cm³/mol. The molecule has 2 aliphatic heterocycles. The van der Waals surface area contributed by atoms with E-state index in [1.165, 1.54) is 4.31 Å². The van der Waals surface area contributed by atoms with Gasteiger partial charge in [-0.1, -0.05) is 72.3 Å². The molecule has 0 N–H and O–H groups in total. The lowest BCUT2D eigenvalue weighted by atomic mass is 9.77. The van der Waals surface area contributed by atoms with Crippen molar-refractivity contribution in [3.8, 4) is 0 Å². The fourth-order valence-electron chi connectivity index (χ4n) is 5.24. The summed E-state index contributed by atoms with van der Waals surface area (Å²) in [5.74, 6) is -0.451. The summed E-state index contributed by atoms with van der Waals surface area (Å²) in [4.78, 5) is 15.0. The van der Waals surface area contributed by atoms with E-state index < -0.39 is 21.3 Å². The molecule has 0 saturated carbocycles. The van der Waals surface area contributed by atoms with Gasteiger partial charge in [-0.2, -0.15) is 0 Å². The molecule has 0 radical (unpaired) electrons. The second-order valence-corrected chi connectivity index (χ2v) is 10.6. The van der Waals surface area contributed by atoms with E-state index in [1.54, 1.807) is 11.0 Å². The molecule has 7 heteroatoms. The van der Waals surface area contributed by atoms with E-state index in [-0.39, 0.29) is 17.9 Å². The summed E-state index contributed by atoms with van der Waals surface area (Å²) in [5.41, 5.74) is 1.84. The van der Waals surface area contributed by atoms with Gasteiger partial charge >= 0.3 is 6.03 Å². The van der Waals surface area contributed by atoms with Crippen molar-refractivity contribution in [3.63, 3.8) is 0 Å². The number of hydrogen-bond donors (Lipinski definition) is 0. The molecular weight excluding hydrogens is 420 g/mol. The molecule has 5 nitrogen and oxygen atoms in total. The Balaban J connectivity index is 1.49. The quantitative estimate of drug-likeness (QED) is 0.661. The topological polar surface area (TPSA) is 57.7 Å². The van der Waals surface area contributed by atoms with Crippen molar-refractivity contribution in [3.05, 3.63) is 82.9 Å². The number of carbonyl (C=O) groups is 1. The zero-order valence-electron chi connectivity index (χ0n) is 16.4. The highest BCUT2D eigenvalue weighted by Gasteiger charge is 2.59. The minimum absolute atomic E-state index is 0.201. The van der Waals surface area contributed by atoms with E-state index in [0.717, 1.165) is 11.1 Å². The number of sulfonamides is 1.